The number of nitrogens with zero attached hydrogens (tertiary/aromatic N) is 2. The third-order valence-electron chi connectivity index (χ3n) is 1.53. The lowest BCUT2D eigenvalue weighted by atomic mass is 10.3. The molecule has 0 fully saturated rings. The van der Waals surface area contributed by atoms with E-state index in [1.165, 1.54) is 6.92 Å². The molecule has 0 aromatic carbocycles. The SMILES string of the molecule is CC(=O)C1=NCNN1C(C)C. The van der Waals surface area contributed by atoms with E-state index in [0.29, 0.717) is 12.5 Å². The van der Waals surface area contributed by atoms with Gasteiger partial charge in [-0.3, -0.25) is 9.80 Å². The lowest BCUT2D eigenvalue weighted by Gasteiger charge is -2.22. The number of aliphatic imine (C=N–C) groups is 1. The summed E-state index contributed by atoms with van der Waals surface area (Å²) in [6.45, 7) is 6.07. The number of hydrazine groups is 1. The molecule has 0 saturated heterocycles. The Labute approximate surface area is 66.3 Å². The van der Waals surface area contributed by atoms with Crippen molar-refractivity contribution in [2.45, 2.75) is 26.8 Å². The maximum Gasteiger partial charge on any atom is 0.195 e. The molecule has 0 radical (unpaired) electrons. The Hall–Kier alpha value is -0.900. The van der Waals surface area contributed by atoms with Gasteiger partial charge in [-0.25, -0.2) is 10.4 Å². The molecule has 0 aromatic heterocycles. The van der Waals surface area contributed by atoms with Crippen molar-refractivity contribution >= 4 is 11.6 Å². The highest BCUT2D eigenvalue weighted by atomic mass is 16.1. The molecule has 4 heteroatoms. The lowest BCUT2D eigenvalue weighted by Crippen LogP contribution is -2.44. The molecule has 1 N–H and O–H groups in total. The van der Waals surface area contributed by atoms with Crippen molar-refractivity contribution in [1.29, 1.82) is 0 Å². The zero-order valence-electron chi connectivity index (χ0n) is 7.09. The highest BCUT2D eigenvalue weighted by Crippen LogP contribution is 2.02. The second kappa shape index (κ2) is 3.00. The molecule has 1 rings (SSSR count). The van der Waals surface area contributed by atoms with E-state index in [0.717, 1.165) is 0 Å². The Morgan fingerprint density at radius 3 is 2.73 bits per heavy atom. The number of nitrogens with one attached hydrogen (secondary N) is 1. The van der Waals surface area contributed by atoms with Crippen molar-refractivity contribution in [3.63, 3.8) is 0 Å². The van der Waals surface area contributed by atoms with E-state index in [4.69, 9.17) is 0 Å². The van der Waals surface area contributed by atoms with Gasteiger partial charge in [0.05, 0.1) is 0 Å². The first-order valence-electron chi connectivity index (χ1n) is 3.71. The molecule has 11 heavy (non-hydrogen) atoms. The zero-order chi connectivity index (χ0) is 8.43. The molecule has 0 aliphatic carbocycles. The number of rotatable bonds is 2. The Morgan fingerprint density at radius 2 is 2.36 bits per heavy atom. The van der Waals surface area contributed by atoms with Gasteiger partial charge in [0.25, 0.3) is 0 Å². The van der Waals surface area contributed by atoms with Crippen molar-refractivity contribution in [3.05, 3.63) is 0 Å². The van der Waals surface area contributed by atoms with E-state index in [1.54, 1.807) is 5.01 Å². The molecular weight excluding hydrogens is 142 g/mol. The van der Waals surface area contributed by atoms with Crippen LogP contribution in [0.15, 0.2) is 4.99 Å². The lowest BCUT2D eigenvalue weighted by molar-refractivity contribution is -0.111. The van der Waals surface area contributed by atoms with Gasteiger partial charge in [-0.2, -0.15) is 0 Å². The summed E-state index contributed by atoms with van der Waals surface area (Å²) in [7, 11) is 0. The third kappa shape index (κ3) is 1.57. The summed E-state index contributed by atoms with van der Waals surface area (Å²) >= 11 is 0. The largest absolute Gasteiger partial charge is 0.291 e. The highest BCUT2D eigenvalue weighted by Gasteiger charge is 2.22. The van der Waals surface area contributed by atoms with E-state index >= 15 is 0 Å². The summed E-state index contributed by atoms with van der Waals surface area (Å²) in [5, 5.41) is 1.79. The highest BCUT2D eigenvalue weighted by molar-refractivity contribution is 6.38. The van der Waals surface area contributed by atoms with E-state index in [-0.39, 0.29) is 11.8 Å². The van der Waals surface area contributed by atoms with Crippen LogP contribution in [0.4, 0.5) is 0 Å². The van der Waals surface area contributed by atoms with Crippen LogP contribution >= 0.6 is 0 Å². The van der Waals surface area contributed by atoms with E-state index < -0.39 is 0 Å². The van der Waals surface area contributed by atoms with Crippen molar-refractivity contribution in [2.75, 3.05) is 6.67 Å². The van der Waals surface area contributed by atoms with Crippen LogP contribution in [0, 0.1) is 0 Å². The van der Waals surface area contributed by atoms with Crippen molar-refractivity contribution < 1.29 is 4.79 Å². The fourth-order valence-corrected chi connectivity index (χ4v) is 1.05. The fourth-order valence-electron chi connectivity index (χ4n) is 1.05. The summed E-state index contributed by atoms with van der Waals surface area (Å²) in [5.74, 6) is 0.559. The predicted molar refractivity (Wildman–Crippen MR) is 43.1 cm³/mol. The van der Waals surface area contributed by atoms with Crippen LogP contribution in [0.25, 0.3) is 0 Å². The summed E-state index contributed by atoms with van der Waals surface area (Å²) in [4.78, 5) is 15.0. The molecule has 62 valence electrons. The zero-order valence-corrected chi connectivity index (χ0v) is 7.09. The smallest absolute Gasteiger partial charge is 0.195 e. The molecule has 0 atom stereocenters. The van der Waals surface area contributed by atoms with Gasteiger partial charge in [0, 0.05) is 13.0 Å². The fraction of sp³-hybridized carbons (Fsp3) is 0.714. The van der Waals surface area contributed by atoms with Gasteiger partial charge in [0.15, 0.2) is 11.6 Å². The molecule has 0 saturated carbocycles. The van der Waals surface area contributed by atoms with Crippen molar-refractivity contribution in [2.24, 2.45) is 4.99 Å². The van der Waals surface area contributed by atoms with E-state index in [2.05, 4.69) is 10.4 Å². The Bertz CT molecular complexity index is 198. The van der Waals surface area contributed by atoms with E-state index in [9.17, 15) is 4.79 Å². The second-order valence-electron chi connectivity index (χ2n) is 2.82. The van der Waals surface area contributed by atoms with Gasteiger partial charge < -0.3 is 0 Å². The van der Waals surface area contributed by atoms with E-state index in [1.807, 2.05) is 13.8 Å². The number of ketones is 1. The first-order valence-corrected chi connectivity index (χ1v) is 3.71. The molecule has 1 aliphatic rings. The average molecular weight is 155 g/mol. The number of amidine groups is 1. The Morgan fingerprint density at radius 1 is 1.73 bits per heavy atom. The van der Waals surface area contributed by atoms with Crippen LogP contribution in [-0.4, -0.2) is 29.3 Å². The molecule has 0 aromatic rings. The van der Waals surface area contributed by atoms with Crippen LogP contribution in [0.1, 0.15) is 20.8 Å². The van der Waals surface area contributed by atoms with Crippen molar-refractivity contribution in [3.8, 4) is 0 Å². The normalized spacial score (nSPS) is 17.5. The van der Waals surface area contributed by atoms with Gasteiger partial charge in [-0.15, -0.1) is 0 Å². The summed E-state index contributed by atoms with van der Waals surface area (Å²) in [6.07, 6.45) is 0. The third-order valence-corrected chi connectivity index (χ3v) is 1.53. The average Bonchev–Trinajstić information content (AvgIpc) is 2.32. The second-order valence-corrected chi connectivity index (χ2v) is 2.82. The number of Topliss-reactive ketones (excluding diaryl/α,β-unsaturated/α-hetero) is 1. The molecule has 4 nitrogen and oxygen atoms in total. The number of hydrogen-bond acceptors (Lipinski definition) is 4. The Kier molecular flexibility index (Phi) is 2.24. The molecule has 0 bridgehead atoms. The standard InChI is InChI=1S/C7H13N3O/c1-5(2)10-7(6(3)11)8-4-9-10/h5,9H,4H2,1-3H3. The van der Waals surface area contributed by atoms with Gasteiger partial charge in [0.1, 0.15) is 6.67 Å². The minimum atomic E-state index is 0.0173. The minimum Gasteiger partial charge on any atom is -0.291 e. The van der Waals surface area contributed by atoms with Crippen LogP contribution in [-0.2, 0) is 4.79 Å². The summed E-state index contributed by atoms with van der Waals surface area (Å²) in [5.41, 5.74) is 3.00. The maximum absolute atomic E-state index is 10.9. The molecule has 1 aliphatic heterocycles. The minimum absolute atomic E-state index is 0.0173. The Balaban J connectivity index is 2.71. The van der Waals surface area contributed by atoms with Crippen molar-refractivity contribution in [1.82, 2.24) is 10.4 Å². The number of carbonyl (C=O) groups excluding carboxylic acids is 1. The molecule has 0 spiro atoms. The van der Waals surface area contributed by atoms with Gasteiger partial charge in [-0.05, 0) is 13.8 Å². The monoisotopic (exact) mass is 155 g/mol. The maximum atomic E-state index is 10.9. The topological polar surface area (TPSA) is 44.7 Å². The molecule has 0 amide bonds. The molecule has 0 unspecified atom stereocenters. The van der Waals surface area contributed by atoms with Crippen LogP contribution in [0.5, 0.6) is 0 Å². The number of hydrogen-bond donors (Lipinski definition) is 1. The summed E-state index contributed by atoms with van der Waals surface area (Å²) in [6, 6.07) is 0.278. The number of carbonyl (C=O) groups is 1. The molecular formula is C7H13N3O. The molecule has 1 heterocycles. The van der Waals surface area contributed by atoms with Crippen LogP contribution in [0.3, 0.4) is 0 Å². The van der Waals surface area contributed by atoms with Crippen LogP contribution in [0.2, 0.25) is 0 Å². The van der Waals surface area contributed by atoms with Crippen LogP contribution < -0.4 is 5.43 Å². The predicted octanol–water partition coefficient (Wildman–Crippen LogP) is 0.160. The quantitative estimate of drug-likeness (QED) is 0.617. The van der Waals surface area contributed by atoms with Gasteiger partial charge in [-0.1, -0.05) is 0 Å². The first kappa shape index (κ1) is 8.20. The van der Waals surface area contributed by atoms with Gasteiger partial charge in [0.2, 0.25) is 0 Å². The van der Waals surface area contributed by atoms with Gasteiger partial charge >= 0.3 is 0 Å². The summed E-state index contributed by atoms with van der Waals surface area (Å²) < 4.78 is 0. The first-order chi connectivity index (χ1) is 5.13.